The van der Waals surface area contributed by atoms with Gasteiger partial charge in [-0.2, -0.15) is 22.0 Å². The maximum Gasteiger partial charge on any atom is 0.426 e. The van der Waals surface area contributed by atoms with Crippen LogP contribution in [0.4, 0.5) is 33.3 Å². The zero-order chi connectivity index (χ0) is 34.8. The second-order valence-corrected chi connectivity index (χ2v) is 11.3. The highest BCUT2D eigenvalue weighted by Crippen LogP contribution is 2.32. The van der Waals surface area contributed by atoms with E-state index in [4.69, 9.17) is 25.7 Å². The quantitative estimate of drug-likeness (QED) is 0.0381. The number of nitrogen functional groups attached to an aromatic ring is 2. The molecule has 7 nitrogen and oxygen atoms in total. The standard InChI is InChI=1S/C36H43F5N2O5/c37-35(38,39)26-45-23-24-46-31-19-14-29(15-20-31)36(40,41)48-32-17-10-27(11-18-32)12-21-34(44)47-22-8-6-4-2-1-3-5-7-9-28-13-16-30(42)25-33(28)43/h10-21,25H,1-9,22-24,26,42-43H2/b21-12+. The summed E-state index contributed by atoms with van der Waals surface area (Å²) in [6, 6.07) is 16.2. The minimum Gasteiger partial charge on any atom is -0.491 e. The number of carbonyl (C=O) groups is 1. The Balaban J connectivity index is 1.25. The lowest BCUT2D eigenvalue weighted by Crippen LogP contribution is -2.21. The Morgan fingerprint density at radius 1 is 0.708 bits per heavy atom. The smallest absolute Gasteiger partial charge is 0.426 e. The van der Waals surface area contributed by atoms with Gasteiger partial charge >= 0.3 is 18.3 Å². The van der Waals surface area contributed by atoms with Gasteiger partial charge in [0, 0.05) is 17.5 Å². The number of nitrogens with two attached hydrogens (primary N) is 2. The Kier molecular flexibility index (Phi) is 15.5. The highest BCUT2D eigenvalue weighted by atomic mass is 19.4. The number of hydrogen-bond acceptors (Lipinski definition) is 7. The fourth-order valence-corrected chi connectivity index (χ4v) is 4.71. The maximum atomic E-state index is 14.7. The van der Waals surface area contributed by atoms with E-state index in [0.717, 1.165) is 68.3 Å². The van der Waals surface area contributed by atoms with Crippen LogP contribution in [0.3, 0.4) is 0 Å². The van der Waals surface area contributed by atoms with Gasteiger partial charge in [0.2, 0.25) is 0 Å². The molecular weight excluding hydrogens is 635 g/mol. The first-order chi connectivity index (χ1) is 22.9. The van der Waals surface area contributed by atoms with Crippen molar-refractivity contribution >= 4 is 23.4 Å². The molecule has 0 amide bonds. The van der Waals surface area contributed by atoms with Gasteiger partial charge < -0.3 is 30.4 Å². The lowest BCUT2D eigenvalue weighted by atomic mass is 10.0. The summed E-state index contributed by atoms with van der Waals surface area (Å²) in [5.41, 5.74) is 14.5. The molecule has 0 aliphatic rings. The molecule has 262 valence electrons. The van der Waals surface area contributed by atoms with Crippen molar-refractivity contribution in [2.75, 3.05) is 37.9 Å². The van der Waals surface area contributed by atoms with Gasteiger partial charge in [-0.1, -0.05) is 56.7 Å². The van der Waals surface area contributed by atoms with Crippen LogP contribution in [0.15, 0.2) is 72.8 Å². The molecule has 0 unspecified atom stereocenters. The predicted octanol–water partition coefficient (Wildman–Crippen LogP) is 8.86. The number of alkyl halides is 5. The molecule has 0 radical (unpaired) electrons. The summed E-state index contributed by atoms with van der Waals surface area (Å²) in [6.45, 7) is -1.54. The molecule has 0 bridgehead atoms. The summed E-state index contributed by atoms with van der Waals surface area (Å²) < 4.78 is 85.3. The molecule has 0 fully saturated rings. The van der Waals surface area contributed by atoms with Crippen molar-refractivity contribution in [3.63, 3.8) is 0 Å². The van der Waals surface area contributed by atoms with Gasteiger partial charge in [0.1, 0.15) is 24.7 Å². The van der Waals surface area contributed by atoms with Crippen molar-refractivity contribution < 1.29 is 45.7 Å². The first-order valence-electron chi connectivity index (χ1n) is 15.9. The molecule has 0 aliphatic carbocycles. The number of unbranched alkanes of at least 4 members (excludes halogenated alkanes) is 7. The van der Waals surface area contributed by atoms with Crippen LogP contribution in [0.2, 0.25) is 0 Å². The topological polar surface area (TPSA) is 106 Å². The first kappa shape index (κ1) is 38.1. The van der Waals surface area contributed by atoms with Crippen molar-refractivity contribution in [1.82, 2.24) is 0 Å². The Labute approximate surface area is 278 Å². The molecule has 0 heterocycles. The van der Waals surface area contributed by atoms with Gasteiger partial charge in [0.15, 0.2) is 0 Å². The number of ether oxygens (including phenoxy) is 4. The number of anilines is 2. The molecule has 0 atom stereocenters. The third kappa shape index (κ3) is 15.1. The van der Waals surface area contributed by atoms with Crippen molar-refractivity contribution in [3.8, 4) is 11.5 Å². The van der Waals surface area contributed by atoms with Gasteiger partial charge in [-0.15, -0.1) is 0 Å². The summed E-state index contributed by atoms with van der Waals surface area (Å²) in [5, 5.41) is 0. The molecule has 3 aromatic rings. The van der Waals surface area contributed by atoms with Gasteiger partial charge in [0.05, 0.1) is 18.8 Å². The molecule has 3 rings (SSSR count). The van der Waals surface area contributed by atoms with Crippen molar-refractivity contribution in [2.24, 2.45) is 0 Å². The average Bonchev–Trinajstić information content (AvgIpc) is 3.03. The highest BCUT2D eigenvalue weighted by molar-refractivity contribution is 5.87. The van der Waals surface area contributed by atoms with E-state index in [1.165, 1.54) is 61.4 Å². The highest BCUT2D eigenvalue weighted by Gasteiger charge is 2.34. The van der Waals surface area contributed by atoms with Crippen LogP contribution in [0.5, 0.6) is 11.5 Å². The van der Waals surface area contributed by atoms with E-state index in [9.17, 15) is 26.7 Å². The summed E-state index contributed by atoms with van der Waals surface area (Å²) in [7, 11) is 0. The minimum atomic E-state index is -4.43. The molecule has 0 aromatic heterocycles. The van der Waals surface area contributed by atoms with Crippen LogP contribution in [-0.2, 0) is 26.8 Å². The molecular formula is C36H43F5N2O5. The monoisotopic (exact) mass is 678 g/mol. The van der Waals surface area contributed by atoms with Gasteiger partial charge in [0.25, 0.3) is 0 Å². The second-order valence-electron chi connectivity index (χ2n) is 11.3. The van der Waals surface area contributed by atoms with Crippen molar-refractivity contribution in [3.05, 3.63) is 89.5 Å². The van der Waals surface area contributed by atoms with E-state index >= 15 is 0 Å². The van der Waals surface area contributed by atoms with Crippen LogP contribution >= 0.6 is 0 Å². The van der Waals surface area contributed by atoms with Crippen LogP contribution < -0.4 is 20.9 Å². The predicted molar refractivity (Wildman–Crippen MR) is 176 cm³/mol. The van der Waals surface area contributed by atoms with Gasteiger partial charge in [-0.3, -0.25) is 0 Å². The van der Waals surface area contributed by atoms with Crippen molar-refractivity contribution in [2.45, 2.75) is 70.1 Å². The Morgan fingerprint density at radius 2 is 1.33 bits per heavy atom. The normalized spacial score (nSPS) is 11.9. The second kappa shape index (κ2) is 19.5. The van der Waals surface area contributed by atoms with E-state index < -0.39 is 30.4 Å². The zero-order valence-corrected chi connectivity index (χ0v) is 26.8. The fourth-order valence-electron chi connectivity index (χ4n) is 4.71. The SMILES string of the molecule is Nc1ccc(CCCCCCCCCCOC(=O)/C=C/c2ccc(OC(F)(F)c3ccc(OCCOCC(F)(F)F)cc3)cc2)c(N)c1. The molecule has 3 aromatic carbocycles. The molecule has 0 spiro atoms. The number of carbonyl (C=O) groups excluding carboxylic acids is 1. The molecule has 4 N–H and O–H groups in total. The Bertz CT molecular complexity index is 1410. The van der Waals surface area contributed by atoms with E-state index in [1.807, 2.05) is 12.1 Å². The number of esters is 1. The van der Waals surface area contributed by atoms with Gasteiger partial charge in [-0.25, -0.2) is 4.79 Å². The average molecular weight is 679 g/mol. The molecule has 0 saturated carbocycles. The lowest BCUT2D eigenvalue weighted by Gasteiger charge is -2.18. The Morgan fingerprint density at radius 3 is 1.98 bits per heavy atom. The number of rotatable bonds is 21. The Hall–Kier alpha value is -4.32. The fraction of sp³-hybridized carbons (Fsp3) is 0.417. The molecule has 0 aliphatic heterocycles. The number of benzene rings is 3. The summed E-state index contributed by atoms with van der Waals surface area (Å²) in [5.74, 6) is -0.384. The van der Waals surface area contributed by atoms with E-state index in [2.05, 4.69) is 4.74 Å². The van der Waals surface area contributed by atoms with Crippen LogP contribution in [0.25, 0.3) is 6.08 Å². The number of hydrogen-bond donors (Lipinski definition) is 2. The maximum absolute atomic E-state index is 14.7. The van der Waals surface area contributed by atoms with E-state index in [-0.39, 0.29) is 24.7 Å². The van der Waals surface area contributed by atoms with Crippen LogP contribution in [0.1, 0.15) is 68.1 Å². The zero-order valence-electron chi connectivity index (χ0n) is 26.8. The summed E-state index contributed by atoms with van der Waals surface area (Å²) in [6.07, 6.45) is 4.26. The van der Waals surface area contributed by atoms with Crippen LogP contribution in [0, 0.1) is 0 Å². The third-order valence-corrected chi connectivity index (χ3v) is 7.25. The summed E-state index contributed by atoms with van der Waals surface area (Å²) >= 11 is 0. The van der Waals surface area contributed by atoms with E-state index in [1.54, 1.807) is 6.07 Å². The first-order valence-corrected chi connectivity index (χ1v) is 15.9. The minimum absolute atomic E-state index is 0.0924. The lowest BCUT2D eigenvalue weighted by molar-refractivity contribution is -0.185. The molecule has 48 heavy (non-hydrogen) atoms. The van der Waals surface area contributed by atoms with Crippen molar-refractivity contribution in [1.29, 1.82) is 0 Å². The number of halogens is 5. The summed E-state index contributed by atoms with van der Waals surface area (Å²) in [4.78, 5) is 12.0. The van der Waals surface area contributed by atoms with Gasteiger partial charge in [-0.05, 0) is 85.0 Å². The van der Waals surface area contributed by atoms with E-state index in [0.29, 0.717) is 17.9 Å². The van der Waals surface area contributed by atoms with Crippen LogP contribution in [-0.4, -0.2) is 38.6 Å². The molecule has 12 heteroatoms. The molecule has 0 saturated heterocycles. The number of aryl methyl sites for hydroxylation is 1. The third-order valence-electron chi connectivity index (χ3n) is 7.25. The largest absolute Gasteiger partial charge is 0.491 e.